The molecule has 2 heterocycles. The SMILES string of the molecule is CCc1nnc([C@@H]2C(=N)S/C(=C\c3ccc(OCC(=O)Nc4ccccc4)cc3)C2=O)s1. The third-order valence-electron chi connectivity index (χ3n) is 4.62. The van der Waals surface area contributed by atoms with E-state index in [-0.39, 0.29) is 23.3 Å². The highest BCUT2D eigenvalue weighted by Crippen LogP contribution is 2.41. The van der Waals surface area contributed by atoms with Gasteiger partial charge in [-0.1, -0.05) is 49.0 Å². The predicted molar refractivity (Wildman–Crippen MR) is 127 cm³/mol. The highest BCUT2D eigenvalue weighted by molar-refractivity contribution is 8.19. The van der Waals surface area contributed by atoms with Gasteiger partial charge in [0.15, 0.2) is 12.4 Å². The average molecular weight is 465 g/mol. The normalized spacial score (nSPS) is 17.0. The molecule has 1 aliphatic rings. The van der Waals surface area contributed by atoms with Crippen molar-refractivity contribution in [3.63, 3.8) is 0 Å². The van der Waals surface area contributed by atoms with Crippen LogP contribution < -0.4 is 10.1 Å². The Hall–Kier alpha value is -3.30. The van der Waals surface area contributed by atoms with Crippen molar-refractivity contribution in [2.75, 3.05) is 11.9 Å². The van der Waals surface area contributed by atoms with Crippen LogP contribution in [0.15, 0.2) is 59.5 Å². The molecule has 0 bridgehead atoms. The first-order chi connectivity index (χ1) is 15.5. The number of aryl methyl sites for hydroxylation is 1. The van der Waals surface area contributed by atoms with Crippen LogP contribution in [-0.4, -0.2) is 33.5 Å². The lowest BCUT2D eigenvalue weighted by molar-refractivity contribution is -0.118. The van der Waals surface area contributed by atoms with Gasteiger partial charge in [-0.2, -0.15) is 0 Å². The van der Waals surface area contributed by atoms with E-state index < -0.39 is 5.92 Å². The second-order valence-electron chi connectivity index (χ2n) is 6.93. The predicted octanol–water partition coefficient (Wildman–Crippen LogP) is 4.54. The fourth-order valence-electron chi connectivity index (χ4n) is 3.02. The Morgan fingerprint density at radius 2 is 1.91 bits per heavy atom. The number of hydrogen-bond donors (Lipinski definition) is 2. The maximum Gasteiger partial charge on any atom is 0.262 e. The van der Waals surface area contributed by atoms with Gasteiger partial charge in [0, 0.05) is 5.69 Å². The number of Topliss-reactive ketones (excluding diaryl/α,β-unsaturated/α-hetero) is 1. The van der Waals surface area contributed by atoms with Gasteiger partial charge < -0.3 is 10.1 Å². The Morgan fingerprint density at radius 3 is 2.59 bits per heavy atom. The molecule has 2 N–H and O–H groups in total. The molecule has 2 aromatic carbocycles. The van der Waals surface area contributed by atoms with Gasteiger partial charge in [0.05, 0.1) is 9.95 Å². The quantitative estimate of drug-likeness (QED) is 0.498. The van der Waals surface area contributed by atoms with Crippen molar-refractivity contribution in [3.05, 3.63) is 75.1 Å². The first-order valence-corrected chi connectivity index (χ1v) is 11.6. The maximum atomic E-state index is 12.9. The van der Waals surface area contributed by atoms with E-state index in [2.05, 4.69) is 15.5 Å². The number of para-hydroxylation sites is 1. The van der Waals surface area contributed by atoms with Crippen LogP contribution in [-0.2, 0) is 16.0 Å². The topological polar surface area (TPSA) is 105 Å². The van der Waals surface area contributed by atoms with E-state index in [1.807, 2.05) is 37.3 Å². The summed E-state index contributed by atoms with van der Waals surface area (Å²) in [5, 5.41) is 20.9. The lowest BCUT2D eigenvalue weighted by Crippen LogP contribution is -2.20. The number of allylic oxidation sites excluding steroid dienone is 1. The monoisotopic (exact) mass is 464 g/mol. The van der Waals surface area contributed by atoms with Crippen LogP contribution in [0.3, 0.4) is 0 Å². The first kappa shape index (κ1) is 21.9. The van der Waals surface area contributed by atoms with Crippen LogP contribution in [0.4, 0.5) is 5.69 Å². The Morgan fingerprint density at radius 1 is 1.16 bits per heavy atom. The summed E-state index contributed by atoms with van der Waals surface area (Å²) in [6.45, 7) is 1.87. The fourth-order valence-corrected chi connectivity index (χ4v) is 4.97. The van der Waals surface area contributed by atoms with Gasteiger partial charge in [-0.15, -0.1) is 21.5 Å². The minimum atomic E-state index is -0.658. The van der Waals surface area contributed by atoms with Crippen LogP contribution in [0.5, 0.6) is 5.75 Å². The Balaban J connectivity index is 1.37. The number of hydrogen-bond acceptors (Lipinski definition) is 8. The lowest BCUT2D eigenvalue weighted by atomic mass is 10.1. The molecule has 1 atom stereocenters. The van der Waals surface area contributed by atoms with Crippen LogP contribution >= 0.6 is 23.1 Å². The highest BCUT2D eigenvalue weighted by Gasteiger charge is 2.39. The summed E-state index contributed by atoms with van der Waals surface area (Å²) < 4.78 is 5.54. The van der Waals surface area contributed by atoms with Crippen LogP contribution in [0.1, 0.15) is 28.4 Å². The molecule has 9 heteroatoms. The van der Waals surface area contributed by atoms with Crippen molar-refractivity contribution in [1.29, 1.82) is 5.41 Å². The van der Waals surface area contributed by atoms with E-state index in [9.17, 15) is 9.59 Å². The number of ether oxygens (including phenoxy) is 1. The molecule has 0 radical (unpaired) electrons. The zero-order valence-corrected chi connectivity index (χ0v) is 18.8. The van der Waals surface area contributed by atoms with Crippen molar-refractivity contribution in [1.82, 2.24) is 10.2 Å². The lowest BCUT2D eigenvalue weighted by Gasteiger charge is -2.07. The van der Waals surface area contributed by atoms with E-state index in [0.717, 1.165) is 28.8 Å². The summed E-state index contributed by atoms with van der Waals surface area (Å²) >= 11 is 2.54. The number of benzene rings is 2. The molecular weight excluding hydrogens is 444 g/mol. The van der Waals surface area contributed by atoms with Crippen molar-refractivity contribution in [2.45, 2.75) is 19.3 Å². The Kier molecular flexibility index (Phi) is 6.77. The zero-order chi connectivity index (χ0) is 22.5. The highest BCUT2D eigenvalue weighted by atomic mass is 32.2. The molecule has 0 unspecified atom stereocenters. The minimum absolute atomic E-state index is 0.107. The van der Waals surface area contributed by atoms with E-state index in [0.29, 0.717) is 21.3 Å². The van der Waals surface area contributed by atoms with Gasteiger partial charge in [-0.05, 0) is 42.3 Å². The summed E-state index contributed by atoms with van der Waals surface area (Å²) in [6.07, 6.45) is 2.51. The fraction of sp³-hybridized carbons (Fsp3) is 0.174. The first-order valence-electron chi connectivity index (χ1n) is 9.95. The molecule has 1 fully saturated rings. The number of thioether (sulfide) groups is 1. The van der Waals surface area contributed by atoms with Crippen LogP contribution in [0, 0.1) is 5.41 Å². The molecule has 0 spiro atoms. The summed E-state index contributed by atoms with van der Waals surface area (Å²) in [5.41, 5.74) is 1.52. The third kappa shape index (κ3) is 5.12. The molecule has 3 aromatic rings. The van der Waals surface area contributed by atoms with Gasteiger partial charge in [-0.3, -0.25) is 15.0 Å². The summed E-state index contributed by atoms with van der Waals surface area (Å²) in [5.74, 6) is -0.485. The molecule has 0 aliphatic carbocycles. The molecule has 7 nitrogen and oxygen atoms in total. The van der Waals surface area contributed by atoms with Gasteiger partial charge >= 0.3 is 0 Å². The number of carbonyl (C=O) groups excluding carboxylic acids is 2. The van der Waals surface area contributed by atoms with E-state index in [4.69, 9.17) is 10.1 Å². The third-order valence-corrected chi connectivity index (χ3v) is 6.75. The summed E-state index contributed by atoms with van der Waals surface area (Å²) in [4.78, 5) is 25.4. The second-order valence-corrected chi connectivity index (χ2v) is 9.11. The number of ketones is 1. The number of aromatic nitrogens is 2. The summed E-state index contributed by atoms with van der Waals surface area (Å²) in [7, 11) is 0. The zero-order valence-electron chi connectivity index (χ0n) is 17.2. The van der Waals surface area contributed by atoms with Crippen molar-refractivity contribution >= 4 is 51.6 Å². The smallest absolute Gasteiger partial charge is 0.262 e. The van der Waals surface area contributed by atoms with E-state index in [1.54, 1.807) is 30.3 Å². The van der Waals surface area contributed by atoms with Crippen molar-refractivity contribution in [3.8, 4) is 5.75 Å². The number of anilines is 1. The largest absolute Gasteiger partial charge is 0.484 e. The van der Waals surface area contributed by atoms with Crippen LogP contribution in [0.2, 0.25) is 0 Å². The Bertz CT molecular complexity index is 1170. The second kappa shape index (κ2) is 9.88. The molecule has 4 rings (SSSR count). The van der Waals surface area contributed by atoms with Gasteiger partial charge in [-0.25, -0.2) is 0 Å². The molecule has 1 saturated heterocycles. The average Bonchev–Trinajstić information content (AvgIpc) is 3.37. The molecule has 1 amide bonds. The molecule has 0 saturated carbocycles. The number of rotatable bonds is 7. The molecular formula is C23H20N4O3S2. The number of nitrogens with one attached hydrogen (secondary N) is 2. The van der Waals surface area contributed by atoms with Gasteiger partial charge in [0.25, 0.3) is 5.91 Å². The van der Waals surface area contributed by atoms with Crippen molar-refractivity contribution in [2.24, 2.45) is 0 Å². The molecule has 1 aromatic heterocycles. The summed E-state index contributed by atoms with van der Waals surface area (Å²) in [6, 6.07) is 16.3. The molecule has 1 aliphatic heterocycles. The Labute approximate surface area is 193 Å². The number of amides is 1. The molecule has 162 valence electrons. The van der Waals surface area contributed by atoms with Gasteiger partial charge in [0.1, 0.15) is 21.7 Å². The van der Waals surface area contributed by atoms with E-state index >= 15 is 0 Å². The standard InChI is InChI=1S/C23H20N4O3S2/c1-2-19-26-27-23(32-19)20-21(29)17(31-22(20)24)12-14-8-10-16(11-9-14)30-13-18(28)25-15-6-4-3-5-7-15/h3-12,20,24H,2,13H2,1H3,(H,25,28)/b17-12-,24-22?/t20-/m0/s1. The number of nitrogens with zero attached hydrogens (tertiary/aromatic N) is 2. The molecule has 32 heavy (non-hydrogen) atoms. The minimum Gasteiger partial charge on any atom is -0.484 e. The van der Waals surface area contributed by atoms with Gasteiger partial charge in [0.2, 0.25) is 0 Å². The number of carbonyl (C=O) groups is 2. The van der Waals surface area contributed by atoms with Crippen LogP contribution in [0.25, 0.3) is 6.08 Å². The maximum absolute atomic E-state index is 12.9. The van der Waals surface area contributed by atoms with E-state index in [1.165, 1.54) is 11.3 Å². The van der Waals surface area contributed by atoms with Crippen molar-refractivity contribution < 1.29 is 14.3 Å².